The van der Waals surface area contributed by atoms with Crippen LogP contribution in [0.25, 0.3) is 5.69 Å². The molecular formula is C13H14N2O. The molecule has 0 atom stereocenters. The highest BCUT2D eigenvalue weighted by Gasteiger charge is 2.09. The maximum absolute atomic E-state index is 10.8. The Morgan fingerprint density at radius 1 is 1.25 bits per heavy atom. The minimum Gasteiger partial charge on any atom is -0.298 e. The Bertz CT molecular complexity index is 541. The normalized spacial score (nSPS) is 10.4. The van der Waals surface area contributed by atoms with Crippen molar-refractivity contribution in [3.8, 4) is 5.69 Å². The second kappa shape index (κ2) is 3.93. The summed E-state index contributed by atoms with van der Waals surface area (Å²) >= 11 is 0. The van der Waals surface area contributed by atoms with E-state index in [-0.39, 0.29) is 0 Å². The van der Waals surface area contributed by atoms with Gasteiger partial charge in [-0.05, 0) is 38.0 Å². The Hall–Kier alpha value is -1.90. The molecule has 3 nitrogen and oxygen atoms in total. The first-order chi connectivity index (χ1) is 7.65. The summed E-state index contributed by atoms with van der Waals surface area (Å²) in [6, 6.07) is 6.08. The van der Waals surface area contributed by atoms with Gasteiger partial charge in [-0.3, -0.25) is 4.79 Å². The lowest BCUT2D eigenvalue weighted by atomic mass is 10.1. The number of rotatable bonds is 2. The van der Waals surface area contributed by atoms with Gasteiger partial charge in [0.15, 0.2) is 6.29 Å². The van der Waals surface area contributed by atoms with Crippen molar-refractivity contribution in [3.05, 3.63) is 46.8 Å². The molecule has 2 aromatic rings. The number of nitrogens with zero attached hydrogens (tertiary/aromatic N) is 2. The molecule has 0 aliphatic rings. The molecule has 0 spiro atoms. The van der Waals surface area contributed by atoms with Crippen LogP contribution in [0.3, 0.4) is 0 Å². The minimum absolute atomic E-state index is 0.640. The van der Waals surface area contributed by atoms with Crippen LogP contribution in [0.2, 0.25) is 0 Å². The molecule has 0 bridgehead atoms. The van der Waals surface area contributed by atoms with Crippen LogP contribution in [-0.2, 0) is 0 Å². The van der Waals surface area contributed by atoms with Gasteiger partial charge in [-0.15, -0.1) is 0 Å². The van der Waals surface area contributed by atoms with E-state index in [0.717, 1.165) is 17.7 Å². The van der Waals surface area contributed by atoms with Gasteiger partial charge in [-0.25, -0.2) is 4.68 Å². The lowest BCUT2D eigenvalue weighted by Crippen LogP contribution is -2.02. The molecule has 0 unspecified atom stereocenters. The van der Waals surface area contributed by atoms with Crippen molar-refractivity contribution in [1.82, 2.24) is 9.78 Å². The Morgan fingerprint density at radius 2 is 2.00 bits per heavy atom. The monoisotopic (exact) mass is 214 g/mol. The lowest BCUT2D eigenvalue weighted by molar-refractivity contribution is 0.112. The van der Waals surface area contributed by atoms with Gasteiger partial charge < -0.3 is 0 Å². The van der Waals surface area contributed by atoms with E-state index < -0.39 is 0 Å². The van der Waals surface area contributed by atoms with Crippen LogP contribution in [0, 0.1) is 20.8 Å². The van der Waals surface area contributed by atoms with E-state index in [1.54, 1.807) is 6.20 Å². The molecule has 0 aliphatic carbocycles. The van der Waals surface area contributed by atoms with Gasteiger partial charge in [-0.1, -0.05) is 12.1 Å². The van der Waals surface area contributed by atoms with Gasteiger partial charge in [0.05, 0.1) is 23.1 Å². The summed E-state index contributed by atoms with van der Waals surface area (Å²) in [6.45, 7) is 6.03. The van der Waals surface area contributed by atoms with Crippen molar-refractivity contribution in [2.24, 2.45) is 0 Å². The molecule has 2 rings (SSSR count). The molecule has 16 heavy (non-hydrogen) atoms. The molecule has 0 saturated heterocycles. The highest BCUT2D eigenvalue weighted by Crippen LogP contribution is 2.19. The van der Waals surface area contributed by atoms with Gasteiger partial charge in [0.2, 0.25) is 0 Å². The molecule has 0 fully saturated rings. The fourth-order valence-electron chi connectivity index (χ4n) is 1.75. The fraction of sp³-hybridized carbons (Fsp3) is 0.231. The second-order valence-electron chi connectivity index (χ2n) is 3.93. The maximum Gasteiger partial charge on any atom is 0.153 e. The summed E-state index contributed by atoms with van der Waals surface area (Å²) in [7, 11) is 0. The minimum atomic E-state index is 0.640. The Kier molecular flexibility index (Phi) is 2.60. The zero-order valence-electron chi connectivity index (χ0n) is 9.69. The second-order valence-corrected chi connectivity index (χ2v) is 3.93. The van der Waals surface area contributed by atoms with Crippen molar-refractivity contribution in [1.29, 1.82) is 0 Å². The summed E-state index contributed by atoms with van der Waals surface area (Å²) < 4.78 is 1.81. The van der Waals surface area contributed by atoms with Crippen molar-refractivity contribution in [2.75, 3.05) is 0 Å². The van der Waals surface area contributed by atoms with Crippen LogP contribution < -0.4 is 0 Å². The fourth-order valence-corrected chi connectivity index (χ4v) is 1.75. The maximum atomic E-state index is 10.8. The summed E-state index contributed by atoms with van der Waals surface area (Å²) in [4.78, 5) is 10.8. The highest BCUT2D eigenvalue weighted by molar-refractivity contribution is 5.76. The summed E-state index contributed by atoms with van der Waals surface area (Å²) in [5.41, 5.74) is 4.96. The van der Waals surface area contributed by atoms with Crippen LogP contribution in [0.1, 0.15) is 27.2 Å². The largest absolute Gasteiger partial charge is 0.298 e. The first-order valence-corrected chi connectivity index (χ1v) is 5.21. The predicted octanol–water partition coefficient (Wildman–Crippen LogP) is 2.61. The third kappa shape index (κ3) is 1.54. The third-order valence-corrected chi connectivity index (χ3v) is 2.98. The van der Waals surface area contributed by atoms with Crippen molar-refractivity contribution < 1.29 is 4.79 Å². The molecule has 0 N–H and O–H groups in total. The van der Waals surface area contributed by atoms with E-state index in [1.165, 1.54) is 11.1 Å². The van der Waals surface area contributed by atoms with Crippen LogP contribution in [0.15, 0.2) is 24.4 Å². The summed E-state index contributed by atoms with van der Waals surface area (Å²) in [5, 5.41) is 4.24. The zero-order valence-corrected chi connectivity index (χ0v) is 9.69. The topological polar surface area (TPSA) is 34.9 Å². The number of hydrogen-bond acceptors (Lipinski definition) is 2. The number of aryl methyl sites for hydroxylation is 1. The molecule has 1 aromatic heterocycles. The van der Waals surface area contributed by atoms with Crippen LogP contribution in [0.5, 0.6) is 0 Å². The Balaban J connectivity index is 2.63. The van der Waals surface area contributed by atoms with Crippen molar-refractivity contribution in [3.63, 3.8) is 0 Å². The van der Waals surface area contributed by atoms with Crippen molar-refractivity contribution >= 4 is 6.29 Å². The molecule has 0 saturated carbocycles. The van der Waals surface area contributed by atoms with E-state index in [2.05, 4.69) is 25.0 Å². The third-order valence-electron chi connectivity index (χ3n) is 2.98. The van der Waals surface area contributed by atoms with Crippen LogP contribution in [-0.4, -0.2) is 16.1 Å². The van der Waals surface area contributed by atoms with E-state index >= 15 is 0 Å². The molecule has 3 heteroatoms. The first kappa shape index (κ1) is 10.6. The van der Waals surface area contributed by atoms with Gasteiger partial charge in [-0.2, -0.15) is 5.10 Å². The van der Waals surface area contributed by atoms with Gasteiger partial charge >= 0.3 is 0 Å². The number of carbonyl (C=O) groups is 1. The molecule has 1 aromatic carbocycles. The number of benzene rings is 1. The van der Waals surface area contributed by atoms with E-state index in [4.69, 9.17) is 0 Å². The van der Waals surface area contributed by atoms with Crippen LogP contribution >= 0.6 is 0 Å². The lowest BCUT2D eigenvalue weighted by Gasteiger charge is -2.10. The SMILES string of the molecule is Cc1cccc(-n2ncc(C=O)c2C)c1C. The molecule has 0 radical (unpaired) electrons. The smallest absolute Gasteiger partial charge is 0.153 e. The van der Waals surface area contributed by atoms with Gasteiger partial charge in [0.25, 0.3) is 0 Å². The van der Waals surface area contributed by atoms with E-state index in [0.29, 0.717) is 5.56 Å². The van der Waals surface area contributed by atoms with E-state index in [9.17, 15) is 4.79 Å². The number of aromatic nitrogens is 2. The van der Waals surface area contributed by atoms with Crippen LogP contribution in [0.4, 0.5) is 0 Å². The highest BCUT2D eigenvalue weighted by atomic mass is 16.1. The van der Waals surface area contributed by atoms with E-state index in [1.807, 2.05) is 23.7 Å². The average molecular weight is 214 g/mol. The predicted molar refractivity (Wildman–Crippen MR) is 63.2 cm³/mol. The first-order valence-electron chi connectivity index (χ1n) is 5.21. The molecular weight excluding hydrogens is 200 g/mol. The summed E-state index contributed by atoms with van der Waals surface area (Å²) in [6.07, 6.45) is 2.44. The van der Waals surface area contributed by atoms with Gasteiger partial charge in [0.1, 0.15) is 0 Å². The zero-order chi connectivity index (χ0) is 11.7. The van der Waals surface area contributed by atoms with Gasteiger partial charge in [0, 0.05) is 0 Å². The standard InChI is InChI=1S/C13H14N2O/c1-9-5-4-6-13(10(9)2)15-11(3)12(8-16)7-14-15/h4-8H,1-3H3. The Morgan fingerprint density at radius 3 is 2.62 bits per heavy atom. The molecule has 0 aliphatic heterocycles. The molecule has 82 valence electrons. The summed E-state index contributed by atoms with van der Waals surface area (Å²) in [5.74, 6) is 0. The molecule has 1 heterocycles. The van der Waals surface area contributed by atoms with Crippen molar-refractivity contribution in [2.45, 2.75) is 20.8 Å². The molecule has 0 amide bonds. The Labute approximate surface area is 94.7 Å². The quantitative estimate of drug-likeness (QED) is 0.720. The number of hydrogen-bond donors (Lipinski definition) is 0. The number of aldehydes is 1. The number of carbonyl (C=O) groups excluding carboxylic acids is 1. The average Bonchev–Trinajstić information content (AvgIpc) is 2.64.